The number of likely N-dealkylation sites (tertiary alicyclic amines) is 1. The summed E-state index contributed by atoms with van der Waals surface area (Å²) in [6, 6.07) is 6.86. The van der Waals surface area contributed by atoms with Crippen molar-refractivity contribution in [1.82, 2.24) is 9.88 Å². The van der Waals surface area contributed by atoms with Gasteiger partial charge in [-0.05, 0) is 48.9 Å². The van der Waals surface area contributed by atoms with Crippen LogP contribution in [0.5, 0.6) is 5.75 Å². The van der Waals surface area contributed by atoms with Gasteiger partial charge in [0, 0.05) is 31.6 Å². The standard InChI is InChI=1S/C21H24F2N2O3/c22-17-2-1-3-18(23)16(17)8-21(28)6-13-10-25(11-14(13)7-21)12-20(27)19-5-4-15(26)9-24-19/h1-5,9,13-14,20,26-28H,6-8,10-12H2/t13-,14?,20?,21?/m0/s1. The number of aliphatic hydroxyl groups excluding tert-OH is 1. The van der Waals surface area contributed by atoms with Crippen molar-refractivity contribution in [3.05, 3.63) is 59.4 Å². The Morgan fingerprint density at radius 3 is 2.32 bits per heavy atom. The summed E-state index contributed by atoms with van der Waals surface area (Å²) in [5.41, 5.74) is -0.640. The maximum absolute atomic E-state index is 13.9. The van der Waals surface area contributed by atoms with Gasteiger partial charge in [-0.2, -0.15) is 0 Å². The minimum absolute atomic E-state index is 0.0153. The molecule has 5 nitrogen and oxygen atoms in total. The number of fused-ring (bicyclic) bond motifs is 1. The van der Waals surface area contributed by atoms with E-state index in [9.17, 15) is 24.1 Å². The van der Waals surface area contributed by atoms with E-state index in [2.05, 4.69) is 9.88 Å². The first-order chi connectivity index (χ1) is 13.3. The number of nitrogens with zero attached hydrogens (tertiary/aromatic N) is 2. The normalized spacial score (nSPS) is 28.4. The van der Waals surface area contributed by atoms with Crippen molar-refractivity contribution in [3.63, 3.8) is 0 Å². The van der Waals surface area contributed by atoms with Gasteiger partial charge in [0.05, 0.1) is 17.5 Å². The fourth-order valence-electron chi connectivity index (χ4n) is 4.81. The zero-order valence-corrected chi connectivity index (χ0v) is 15.4. The molecule has 28 heavy (non-hydrogen) atoms. The van der Waals surface area contributed by atoms with Crippen LogP contribution in [-0.2, 0) is 6.42 Å². The molecule has 4 atom stereocenters. The van der Waals surface area contributed by atoms with Gasteiger partial charge in [0.2, 0.25) is 0 Å². The highest BCUT2D eigenvalue weighted by molar-refractivity contribution is 5.23. The van der Waals surface area contributed by atoms with E-state index in [4.69, 9.17) is 0 Å². The Kier molecular flexibility index (Phi) is 5.07. The molecular formula is C21H24F2N2O3. The highest BCUT2D eigenvalue weighted by Gasteiger charge is 2.48. The molecule has 1 saturated carbocycles. The third kappa shape index (κ3) is 3.87. The van der Waals surface area contributed by atoms with Crippen LogP contribution in [0.4, 0.5) is 8.78 Å². The van der Waals surface area contributed by atoms with E-state index in [1.807, 2.05) is 0 Å². The Hall–Kier alpha value is -2.09. The SMILES string of the molecule is Oc1ccc(C(O)CN2CC3CC(O)(Cc4c(F)cccc4F)C[C@H]3C2)nc1. The van der Waals surface area contributed by atoms with Gasteiger partial charge in [0.25, 0.3) is 0 Å². The van der Waals surface area contributed by atoms with Crippen molar-refractivity contribution < 1.29 is 24.1 Å². The summed E-state index contributed by atoms with van der Waals surface area (Å²) in [7, 11) is 0. The molecule has 0 amide bonds. The van der Waals surface area contributed by atoms with Gasteiger partial charge in [-0.3, -0.25) is 9.88 Å². The van der Waals surface area contributed by atoms with E-state index in [0.29, 0.717) is 25.1 Å². The van der Waals surface area contributed by atoms with Crippen molar-refractivity contribution >= 4 is 0 Å². The van der Waals surface area contributed by atoms with Gasteiger partial charge in [-0.25, -0.2) is 8.78 Å². The number of benzene rings is 1. The molecule has 7 heteroatoms. The first-order valence-electron chi connectivity index (χ1n) is 9.53. The van der Waals surface area contributed by atoms with Gasteiger partial charge in [0.15, 0.2) is 0 Å². The van der Waals surface area contributed by atoms with Crippen LogP contribution in [0, 0.1) is 23.5 Å². The predicted octanol–water partition coefficient (Wildman–Crippen LogP) is 2.41. The maximum Gasteiger partial charge on any atom is 0.133 e. The summed E-state index contributed by atoms with van der Waals surface area (Å²) in [4.78, 5) is 6.18. The Balaban J connectivity index is 1.36. The second-order valence-corrected chi connectivity index (χ2v) is 8.21. The van der Waals surface area contributed by atoms with E-state index in [1.165, 1.54) is 30.5 Å². The van der Waals surface area contributed by atoms with Crippen LogP contribution in [0.15, 0.2) is 36.5 Å². The predicted molar refractivity (Wildman–Crippen MR) is 98.5 cm³/mol. The number of rotatable bonds is 5. The van der Waals surface area contributed by atoms with Gasteiger partial charge in [-0.1, -0.05) is 6.07 Å². The molecule has 150 valence electrons. The van der Waals surface area contributed by atoms with E-state index in [1.54, 1.807) is 6.07 Å². The van der Waals surface area contributed by atoms with Gasteiger partial charge >= 0.3 is 0 Å². The van der Waals surface area contributed by atoms with Crippen molar-refractivity contribution in [2.75, 3.05) is 19.6 Å². The number of pyridine rings is 1. The largest absolute Gasteiger partial charge is 0.506 e. The number of hydrogen-bond acceptors (Lipinski definition) is 5. The van der Waals surface area contributed by atoms with E-state index < -0.39 is 23.3 Å². The molecule has 3 unspecified atom stereocenters. The topological polar surface area (TPSA) is 76.8 Å². The quantitative estimate of drug-likeness (QED) is 0.731. The zero-order chi connectivity index (χ0) is 19.9. The molecule has 2 aromatic rings. The van der Waals surface area contributed by atoms with Crippen molar-refractivity contribution in [2.24, 2.45) is 11.8 Å². The molecule has 0 bridgehead atoms. The van der Waals surface area contributed by atoms with Crippen LogP contribution in [0.25, 0.3) is 0 Å². The molecule has 1 aromatic heterocycles. The molecule has 1 aliphatic heterocycles. The summed E-state index contributed by atoms with van der Waals surface area (Å²) < 4.78 is 27.9. The Bertz CT molecular complexity index is 812. The molecule has 2 heterocycles. The maximum atomic E-state index is 13.9. The highest BCUT2D eigenvalue weighted by Crippen LogP contribution is 2.46. The molecule has 1 aromatic carbocycles. The summed E-state index contributed by atoms with van der Waals surface area (Å²) in [5, 5.41) is 30.6. The average molecular weight is 390 g/mol. The molecule has 4 rings (SSSR count). The number of β-amino-alcohol motifs (C(OH)–C–C–N with tert-alkyl or cyclic N) is 1. The molecule has 2 fully saturated rings. The lowest BCUT2D eigenvalue weighted by molar-refractivity contribution is 0.0311. The minimum Gasteiger partial charge on any atom is -0.506 e. The molecule has 2 aliphatic rings. The van der Waals surface area contributed by atoms with Crippen LogP contribution in [0.3, 0.4) is 0 Å². The highest BCUT2D eigenvalue weighted by atomic mass is 19.1. The number of aliphatic hydroxyl groups is 2. The second kappa shape index (κ2) is 7.39. The third-order valence-electron chi connectivity index (χ3n) is 6.05. The first-order valence-corrected chi connectivity index (χ1v) is 9.53. The monoisotopic (exact) mass is 390 g/mol. The fourth-order valence-corrected chi connectivity index (χ4v) is 4.81. The number of aromatic hydroxyl groups is 1. The third-order valence-corrected chi connectivity index (χ3v) is 6.05. The van der Waals surface area contributed by atoms with Gasteiger partial charge in [-0.15, -0.1) is 0 Å². The van der Waals surface area contributed by atoms with E-state index in [0.717, 1.165) is 13.1 Å². The summed E-state index contributed by atoms with van der Waals surface area (Å²) in [6.07, 6.45) is 1.52. The lowest BCUT2D eigenvalue weighted by atomic mass is 9.90. The molecular weight excluding hydrogens is 366 g/mol. The van der Waals surface area contributed by atoms with Crippen molar-refractivity contribution in [1.29, 1.82) is 0 Å². The molecule has 1 aliphatic carbocycles. The van der Waals surface area contributed by atoms with E-state index >= 15 is 0 Å². The smallest absolute Gasteiger partial charge is 0.133 e. The summed E-state index contributed by atoms with van der Waals surface area (Å²) in [5.74, 6) is -0.704. The molecule has 1 saturated heterocycles. The van der Waals surface area contributed by atoms with Gasteiger partial charge in [0.1, 0.15) is 23.5 Å². The number of hydrogen-bond donors (Lipinski definition) is 3. The summed E-state index contributed by atoms with van der Waals surface area (Å²) in [6.45, 7) is 1.87. The van der Waals surface area contributed by atoms with Crippen molar-refractivity contribution in [3.8, 4) is 5.75 Å². The Morgan fingerprint density at radius 2 is 1.75 bits per heavy atom. The van der Waals surface area contributed by atoms with E-state index in [-0.39, 0.29) is 29.6 Å². The first kappa shape index (κ1) is 19.2. The average Bonchev–Trinajstić information content (AvgIpc) is 3.13. The molecule has 3 N–H and O–H groups in total. The minimum atomic E-state index is -1.10. The van der Waals surface area contributed by atoms with Crippen molar-refractivity contribution in [2.45, 2.75) is 31.0 Å². The van der Waals surface area contributed by atoms with Crippen LogP contribution >= 0.6 is 0 Å². The second-order valence-electron chi connectivity index (χ2n) is 8.21. The van der Waals surface area contributed by atoms with Crippen LogP contribution in [0.2, 0.25) is 0 Å². The van der Waals surface area contributed by atoms with Crippen LogP contribution in [-0.4, -0.2) is 50.4 Å². The Labute approximate surface area is 162 Å². The zero-order valence-electron chi connectivity index (χ0n) is 15.4. The molecule has 0 spiro atoms. The molecule has 0 radical (unpaired) electrons. The Morgan fingerprint density at radius 1 is 1.11 bits per heavy atom. The lowest BCUT2D eigenvalue weighted by Crippen LogP contribution is -2.34. The lowest BCUT2D eigenvalue weighted by Gasteiger charge is -2.27. The fraction of sp³-hybridized carbons (Fsp3) is 0.476. The summed E-state index contributed by atoms with van der Waals surface area (Å²) >= 11 is 0. The van der Waals surface area contributed by atoms with Crippen LogP contribution < -0.4 is 0 Å². The number of halogens is 2. The number of aromatic nitrogens is 1. The van der Waals surface area contributed by atoms with Crippen LogP contribution in [0.1, 0.15) is 30.2 Å². The van der Waals surface area contributed by atoms with Gasteiger partial charge < -0.3 is 15.3 Å².